The van der Waals surface area contributed by atoms with E-state index in [1.807, 2.05) is 0 Å². The van der Waals surface area contributed by atoms with Gasteiger partial charge >= 0.3 is 17.9 Å². The first-order valence-corrected chi connectivity index (χ1v) is 27.3. The number of allylic oxidation sites excluding steroid dienone is 24. The van der Waals surface area contributed by atoms with Crippen molar-refractivity contribution in [3.05, 3.63) is 146 Å². The van der Waals surface area contributed by atoms with Crippen LogP contribution in [-0.4, -0.2) is 37.2 Å². The molecule has 386 valence electrons. The molecule has 0 spiro atoms. The quantitative estimate of drug-likeness (QED) is 0.0262. The van der Waals surface area contributed by atoms with Crippen LogP contribution in [0.5, 0.6) is 0 Å². The smallest absolute Gasteiger partial charge is 0.306 e. The number of rotatable bonds is 47. The minimum absolute atomic E-state index is 0.135. The molecular weight excluding hydrogens is 853 g/mol. The molecule has 0 radical (unpaired) electrons. The number of hydrogen-bond acceptors (Lipinski definition) is 6. The predicted octanol–water partition coefficient (Wildman–Crippen LogP) is 18.4. The van der Waals surface area contributed by atoms with E-state index in [1.54, 1.807) is 0 Å². The normalized spacial score (nSPS) is 13.3. The average molecular weight is 951 g/mol. The standard InChI is InChI=1S/C63H98O6/c1-4-7-10-13-16-19-22-25-28-30-31-33-35-38-41-44-47-50-53-56-62(65)68-59-60(58-67-61(64)55-52-49-46-43-40-37-34-27-24-21-18-15-12-9-6-3)69-63(66)57-54-51-48-45-42-39-36-32-29-26-23-20-17-14-11-8-5-2/h7,9-10,12,16,18-19,21,25-29,31,33-34,36,38-41,43,45,48,60H,4-6,8,11,13-15,17,20,22-24,30,32,35,37,42,44,46-47,49-59H2,1-3H3/b10-7-,12-9-,19-16-,21-18-,28-25-,29-26-,33-31-,34-27-,39-36-,41-38-,43-40-,48-45-/t60-/m0/s1. The zero-order chi connectivity index (χ0) is 50.0. The van der Waals surface area contributed by atoms with Gasteiger partial charge in [-0.1, -0.05) is 205 Å². The molecule has 0 amide bonds. The number of unbranched alkanes of at least 4 members (excludes halogenated alkanes) is 12. The molecule has 0 saturated carbocycles. The molecule has 0 aliphatic rings. The van der Waals surface area contributed by atoms with Crippen LogP contribution in [0.2, 0.25) is 0 Å². The van der Waals surface area contributed by atoms with Gasteiger partial charge in [-0.15, -0.1) is 0 Å². The van der Waals surface area contributed by atoms with Crippen molar-refractivity contribution in [3.8, 4) is 0 Å². The largest absolute Gasteiger partial charge is 0.462 e. The Kier molecular flexibility index (Phi) is 52.1. The first kappa shape index (κ1) is 64.3. The van der Waals surface area contributed by atoms with Crippen LogP contribution in [0, 0.1) is 0 Å². The summed E-state index contributed by atoms with van der Waals surface area (Å²) in [6.07, 6.45) is 79.8. The summed E-state index contributed by atoms with van der Waals surface area (Å²) in [5.74, 6) is -1.07. The Morgan fingerprint density at radius 2 is 0.580 bits per heavy atom. The van der Waals surface area contributed by atoms with E-state index in [4.69, 9.17) is 14.2 Å². The van der Waals surface area contributed by atoms with Crippen molar-refractivity contribution in [1.29, 1.82) is 0 Å². The van der Waals surface area contributed by atoms with Gasteiger partial charge in [-0.05, 0) is 135 Å². The lowest BCUT2D eigenvalue weighted by Gasteiger charge is -2.18. The molecule has 0 heterocycles. The van der Waals surface area contributed by atoms with Gasteiger partial charge < -0.3 is 14.2 Å². The second kappa shape index (κ2) is 55.9. The zero-order valence-corrected chi connectivity index (χ0v) is 44.0. The van der Waals surface area contributed by atoms with E-state index < -0.39 is 6.10 Å². The van der Waals surface area contributed by atoms with Crippen LogP contribution in [0.4, 0.5) is 0 Å². The van der Waals surface area contributed by atoms with Crippen molar-refractivity contribution in [2.75, 3.05) is 13.2 Å². The van der Waals surface area contributed by atoms with Gasteiger partial charge in [0.05, 0.1) is 0 Å². The highest BCUT2D eigenvalue weighted by Crippen LogP contribution is 2.11. The van der Waals surface area contributed by atoms with Gasteiger partial charge in [-0.3, -0.25) is 14.4 Å². The van der Waals surface area contributed by atoms with Gasteiger partial charge in [-0.2, -0.15) is 0 Å². The molecule has 6 heteroatoms. The van der Waals surface area contributed by atoms with Crippen LogP contribution >= 0.6 is 0 Å². The molecule has 0 bridgehead atoms. The molecule has 0 N–H and O–H groups in total. The summed E-state index contributed by atoms with van der Waals surface area (Å²) in [7, 11) is 0. The Hall–Kier alpha value is -4.71. The van der Waals surface area contributed by atoms with E-state index in [0.29, 0.717) is 19.3 Å². The van der Waals surface area contributed by atoms with Crippen molar-refractivity contribution in [3.63, 3.8) is 0 Å². The lowest BCUT2D eigenvalue weighted by molar-refractivity contribution is -0.167. The molecule has 0 rings (SSSR count). The molecule has 69 heavy (non-hydrogen) atoms. The Labute approximate surface area is 423 Å². The van der Waals surface area contributed by atoms with Gasteiger partial charge in [0, 0.05) is 19.3 Å². The first-order chi connectivity index (χ1) is 34.0. The van der Waals surface area contributed by atoms with Crippen molar-refractivity contribution in [2.45, 2.75) is 219 Å². The Balaban J connectivity index is 4.62. The Morgan fingerprint density at radius 3 is 0.957 bits per heavy atom. The molecule has 0 unspecified atom stereocenters. The van der Waals surface area contributed by atoms with Crippen molar-refractivity contribution < 1.29 is 28.6 Å². The maximum absolute atomic E-state index is 12.8. The molecule has 0 aromatic rings. The van der Waals surface area contributed by atoms with Crippen molar-refractivity contribution in [2.24, 2.45) is 0 Å². The molecular formula is C63H98O6. The second-order valence-electron chi connectivity index (χ2n) is 17.4. The highest BCUT2D eigenvalue weighted by atomic mass is 16.6. The van der Waals surface area contributed by atoms with Gasteiger partial charge in [-0.25, -0.2) is 0 Å². The van der Waals surface area contributed by atoms with E-state index in [9.17, 15) is 14.4 Å². The fourth-order valence-corrected chi connectivity index (χ4v) is 6.77. The summed E-state index contributed by atoms with van der Waals surface area (Å²) in [5.41, 5.74) is 0. The maximum Gasteiger partial charge on any atom is 0.306 e. The minimum Gasteiger partial charge on any atom is -0.462 e. The summed E-state index contributed by atoms with van der Waals surface area (Å²) in [4.78, 5) is 38.1. The van der Waals surface area contributed by atoms with E-state index in [2.05, 4.69) is 167 Å². The third-order valence-electron chi connectivity index (χ3n) is 10.8. The summed E-state index contributed by atoms with van der Waals surface area (Å²) in [5, 5.41) is 0. The summed E-state index contributed by atoms with van der Waals surface area (Å²) in [6, 6.07) is 0. The molecule has 0 aromatic heterocycles. The monoisotopic (exact) mass is 951 g/mol. The number of esters is 3. The third kappa shape index (κ3) is 54.1. The third-order valence-corrected chi connectivity index (χ3v) is 10.8. The van der Waals surface area contributed by atoms with Crippen LogP contribution in [0.3, 0.4) is 0 Å². The molecule has 1 atom stereocenters. The SMILES string of the molecule is CC/C=C\C/C=C\C/C=C\C/C=C\C/C=C\CCCCCC(=O)OC[C@H](COC(=O)CCCC/C=C\C/C=C\C/C=C\C/C=C\CC)OC(=O)CCC/C=C\C/C=C\C/C=C\CCCCCCCC. The van der Waals surface area contributed by atoms with Gasteiger partial charge in [0.2, 0.25) is 0 Å². The summed E-state index contributed by atoms with van der Waals surface area (Å²) >= 11 is 0. The number of ether oxygens (including phenoxy) is 3. The van der Waals surface area contributed by atoms with Crippen LogP contribution in [0.1, 0.15) is 213 Å². The summed E-state index contributed by atoms with van der Waals surface area (Å²) < 4.78 is 16.7. The number of carbonyl (C=O) groups is 3. The van der Waals surface area contributed by atoms with E-state index in [1.165, 1.54) is 44.9 Å². The topological polar surface area (TPSA) is 78.9 Å². The van der Waals surface area contributed by atoms with Gasteiger partial charge in [0.25, 0.3) is 0 Å². The molecule has 0 aliphatic carbocycles. The van der Waals surface area contributed by atoms with E-state index in [-0.39, 0.29) is 44.0 Å². The molecule has 6 nitrogen and oxygen atoms in total. The molecule has 0 fully saturated rings. The molecule has 0 aromatic carbocycles. The predicted molar refractivity (Wildman–Crippen MR) is 297 cm³/mol. The van der Waals surface area contributed by atoms with E-state index in [0.717, 1.165) is 116 Å². The van der Waals surface area contributed by atoms with Crippen LogP contribution in [0.15, 0.2) is 146 Å². The molecule has 0 aliphatic heterocycles. The van der Waals surface area contributed by atoms with Crippen LogP contribution < -0.4 is 0 Å². The van der Waals surface area contributed by atoms with Crippen LogP contribution in [-0.2, 0) is 28.6 Å². The zero-order valence-electron chi connectivity index (χ0n) is 44.0. The number of hydrogen-bond donors (Lipinski definition) is 0. The van der Waals surface area contributed by atoms with Crippen molar-refractivity contribution >= 4 is 17.9 Å². The highest BCUT2D eigenvalue weighted by Gasteiger charge is 2.19. The lowest BCUT2D eigenvalue weighted by atomic mass is 10.1. The van der Waals surface area contributed by atoms with Gasteiger partial charge in [0.1, 0.15) is 13.2 Å². The fraction of sp³-hybridized carbons (Fsp3) is 0.571. The van der Waals surface area contributed by atoms with E-state index >= 15 is 0 Å². The summed E-state index contributed by atoms with van der Waals surface area (Å²) in [6.45, 7) is 6.28. The lowest BCUT2D eigenvalue weighted by Crippen LogP contribution is -2.30. The Bertz CT molecular complexity index is 1560. The minimum atomic E-state index is -0.842. The second-order valence-corrected chi connectivity index (χ2v) is 17.4. The Morgan fingerprint density at radius 1 is 0.304 bits per heavy atom. The average Bonchev–Trinajstić information content (AvgIpc) is 3.35. The first-order valence-electron chi connectivity index (χ1n) is 27.3. The fourth-order valence-electron chi connectivity index (χ4n) is 6.77. The molecule has 0 saturated heterocycles. The van der Waals surface area contributed by atoms with Gasteiger partial charge in [0.15, 0.2) is 6.10 Å². The number of carbonyl (C=O) groups excluding carboxylic acids is 3. The highest BCUT2D eigenvalue weighted by molar-refractivity contribution is 5.71. The maximum atomic E-state index is 12.8. The van der Waals surface area contributed by atoms with Crippen molar-refractivity contribution in [1.82, 2.24) is 0 Å². The van der Waals surface area contributed by atoms with Crippen LogP contribution in [0.25, 0.3) is 0 Å².